The molecule has 2 saturated carbocycles. The first-order valence-electron chi connectivity index (χ1n) is 12.1. The third-order valence-electron chi connectivity index (χ3n) is 8.56. The molecule has 6 rings (SSSR count). The molecule has 6 nitrogen and oxygen atoms in total. The van der Waals surface area contributed by atoms with E-state index >= 15 is 0 Å². The molecule has 6 atom stereocenters. The summed E-state index contributed by atoms with van der Waals surface area (Å²) < 4.78 is 1.87. The highest BCUT2D eigenvalue weighted by Gasteiger charge is 2.44. The lowest BCUT2D eigenvalue weighted by Gasteiger charge is -2.26. The molecule has 0 spiro atoms. The highest BCUT2D eigenvalue weighted by atomic mass is 15.3. The van der Waals surface area contributed by atoms with Gasteiger partial charge in [-0.25, -0.2) is 0 Å². The molecule has 0 aromatic carbocycles. The lowest BCUT2D eigenvalue weighted by atomic mass is 9.92. The first-order chi connectivity index (χ1) is 15.1. The zero-order chi connectivity index (χ0) is 20.9. The second-order valence-electron chi connectivity index (χ2n) is 10.5. The van der Waals surface area contributed by atoms with Crippen molar-refractivity contribution >= 4 is 5.82 Å². The molecule has 2 aromatic rings. The van der Waals surface area contributed by atoms with Gasteiger partial charge in [-0.2, -0.15) is 5.10 Å². The van der Waals surface area contributed by atoms with E-state index in [4.69, 9.17) is 0 Å². The predicted molar refractivity (Wildman–Crippen MR) is 122 cm³/mol. The van der Waals surface area contributed by atoms with Crippen molar-refractivity contribution in [2.45, 2.75) is 32.6 Å². The number of likely N-dealkylation sites (tertiary alicyclic amines) is 1. The number of hydrogen-bond acceptors (Lipinski definition) is 5. The topological polar surface area (TPSA) is 58.9 Å². The van der Waals surface area contributed by atoms with E-state index in [0.717, 1.165) is 64.8 Å². The number of rotatable bonds is 6. The minimum Gasteiger partial charge on any atom is -0.368 e. The van der Waals surface area contributed by atoms with Crippen LogP contribution in [0.15, 0.2) is 30.5 Å². The number of aromatic nitrogens is 4. The van der Waals surface area contributed by atoms with Crippen LogP contribution in [0, 0.1) is 42.4 Å². The summed E-state index contributed by atoms with van der Waals surface area (Å²) in [6.45, 7) is 7.05. The Hall–Kier alpha value is -2.21. The summed E-state index contributed by atoms with van der Waals surface area (Å²) in [6.07, 6.45) is 12.5. The van der Waals surface area contributed by atoms with Crippen LogP contribution in [-0.4, -0.2) is 51.1 Å². The van der Waals surface area contributed by atoms with Gasteiger partial charge in [0.05, 0.1) is 11.9 Å². The van der Waals surface area contributed by atoms with Gasteiger partial charge in [-0.15, -0.1) is 10.2 Å². The minimum absolute atomic E-state index is 0.760. The summed E-state index contributed by atoms with van der Waals surface area (Å²) in [5, 5.41) is 16.8. The van der Waals surface area contributed by atoms with Crippen LogP contribution in [0.3, 0.4) is 0 Å². The molecule has 6 unspecified atom stereocenters. The van der Waals surface area contributed by atoms with E-state index in [1.165, 1.54) is 45.3 Å². The maximum atomic E-state index is 4.46. The van der Waals surface area contributed by atoms with Crippen molar-refractivity contribution in [1.29, 1.82) is 0 Å². The van der Waals surface area contributed by atoms with E-state index in [1.54, 1.807) is 0 Å². The van der Waals surface area contributed by atoms with E-state index in [1.807, 2.05) is 17.9 Å². The van der Waals surface area contributed by atoms with Gasteiger partial charge >= 0.3 is 0 Å². The number of aryl methyl sites for hydroxylation is 2. The van der Waals surface area contributed by atoms with Gasteiger partial charge in [0.2, 0.25) is 0 Å². The minimum atomic E-state index is 0.760. The number of nitrogens with one attached hydrogen (secondary N) is 1. The number of hydrogen-bond donors (Lipinski definition) is 1. The molecule has 6 heteroatoms. The SMILES string of the molecule is Cc1cnn(C)c1-c1ccc(NCC2CCC3CN(CC4CC5C=CC4C5)CC23)nn1. The van der Waals surface area contributed by atoms with Gasteiger partial charge < -0.3 is 10.2 Å². The van der Waals surface area contributed by atoms with Gasteiger partial charge in [0.1, 0.15) is 11.5 Å². The van der Waals surface area contributed by atoms with Crippen LogP contribution >= 0.6 is 0 Å². The second kappa shape index (κ2) is 7.73. The third-order valence-corrected chi connectivity index (χ3v) is 8.56. The van der Waals surface area contributed by atoms with Crippen molar-refractivity contribution in [3.8, 4) is 11.4 Å². The lowest BCUT2D eigenvalue weighted by molar-refractivity contribution is 0.232. The summed E-state index contributed by atoms with van der Waals surface area (Å²) in [6, 6.07) is 4.11. The number of anilines is 1. The first kappa shape index (κ1) is 19.5. The Morgan fingerprint density at radius 1 is 1.06 bits per heavy atom. The number of fused-ring (bicyclic) bond motifs is 3. The molecule has 3 aliphatic carbocycles. The van der Waals surface area contributed by atoms with Crippen LogP contribution in [0.1, 0.15) is 31.2 Å². The van der Waals surface area contributed by atoms with E-state index in [0.29, 0.717) is 0 Å². The smallest absolute Gasteiger partial charge is 0.148 e. The van der Waals surface area contributed by atoms with Gasteiger partial charge in [-0.1, -0.05) is 12.2 Å². The largest absolute Gasteiger partial charge is 0.368 e. The van der Waals surface area contributed by atoms with Crippen molar-refractivity contribution < 1.29 is 0 Å². The van der Waals surface area contributed by atoms with Crippen LogP contribution in [0.2, 0.25) is 0 Å². The molecule has 1 saturated heterocycles. The third kappa shape index (κ3) is 3.59. The average Bonchev–Trinajstić information content (AvgIpc) is 3.57. The van der Waals surface area contributed by atoms with Gasteiger partial charge in [0, 0.05) is 33.2 Å². The highest BCUT2D eigenvalue weighted by Crippen LogP contribution is 2.46. The molecular formula is C25H34N6. The normalized spacial score (nSPS) is 34.0. The van der Waals surface area contributed by atoms with Gasteiger partial charge in [0.25, 0.3) is 0 Å². The molecule has 31 heavy (non-hydrogen) atoms. The fourth-order valence-electron chi connectivity index (χ4n) is 7.01. The standard InChI is InChI=1S/C25H34N6/c1-16-11-27-30(2)25(16)23-7-8-24(29-28-23)26-12-19-5-6-20-13-31(15-22(19)20)14-21-10-17-3-4-18(21)9-17/h3-4,7-8,11,17-22H,5-6,9-10,12-15H2,1-2H3,(H,26,29). The Morgan fingerprint density at radius 2 is 2.00 bits per heavy atom. The molecule has 3 heterocycles. The highest BCUT2D eigenvalue weighted by molar-refractivity contribution is 5.59. The average molecular weight is 419 g/mol. The monoisotopic (exact) mass is 418 g/mol. The summed E-state index contributed by atoms with van der Waals surface area (Å²) in [5.41, 5.74) is 3.04. The summed E-state index contributed by atoms with van der Waals surface area (Å²) in [7, 11) is 1.95. The van der Waals surface area contributed by atoms with Gasteiger partial charge in [-0.3, -0.25) is 4.68 Å². The van der Waals surface area contributed by atoms with E-state index in [9.17, 15) is 0 Å². The quantitative estimate of drug-likeness (QED) is 0.724. The van der Waals surface area contributed by atoms with Crippen LogP contribution in [0.4, 0.5) is 5.82 Å². The van der Waals surface area contributed by atoms with E-state index < -0.39 is 0 Å². The van der Waals surface area contributed by atoms with Crippen molar-refractivity contribution in [3.05, 3.63) is 36.0 Å². The predicted octanol–water partition coefficient (Wildman–Crippen LogP) is 3.77. The molecule has 2 aromatic heterocycles. The van der Waals surface area contributed by atoms with Gasteiger partial charge in [-0.05, 0) is 85.8 Å². The fraction of sp³-hybridized carbons (Fsp3) is 0.640. The molecule has 4 aliphatic rings. The van der Waals surface area contributed by atoms with Crippen LogP contribution in [0.5, 0.6) is 0 Å². The molecule has 2 bridgehead atoms. The lowest BCUT2D eigenvalue weighted by Crippen LogP contribution is -2.31. The molecule has 1 aliphatic heterocycles. The number of allylic oxidation sites excluding steroid dienone is 2. The summed E-state index contributed by atoms with van der Waals surface area (Å²) in [4.78, 5) is 2.80. The first-order valence-corrected chi connectivity index (χ1v) is 12.1. The van der Waals surface area contributed by atoms with Gasteiger partial charge in [0.15, 0.2) is 0 Å². The fourth-order valence-corrected chi connectivity index (χ4v) is 7.01. The Balaban J connectivity index is 1.04. The van der Waals surface area contributed by atoms with Crippen molar-refractivity contribution in [2.75, 3.05) is 31.5 Å². The zero-order valence-electron chi connectivity index (χ0n) is 18.7. The van der Waals surface area contributed by atoms with Crippen LogP contribution in [0.25, 0.3) is 11.4 Å². The van der Waals surface area contributed by atoms with Crippen LogP contribution < -0.4 is 5.32 Å². The maximum Gasteiger partial charge on any atom is 0.148 e. The molecule has 0 amide bonds. The summed E-state index contributed by atoms with van der Waals surface area (Å²) >= 11 is 0. The Morgan fingerprint density at radius 3 is 2.71 bits per heavy atom. The Kier molecular flexibility index (Phi) is 4.86. The Bertz CT molecular complexity index is 943. The van der Waals surface area contributed by atoms with Crippen molar-refractivity contribution in [3.63, 3.8) is 0 Å². The Labute approximate surface area is 185 Å². The van der Waals surface area contributed by atoms with E-state index in [2.05, 4.69) is 56.7 Å². The van der Waals surface area contributed by atoms with E-state index in [-0.39, 0.29) is 0 Å². The zero-order valence-corrected chi connectivity index (χ0v) is 18.7. The molecule has 164 valence electrons. The number of nitrogens with zero attached hydrogens (tertiary/aromatic N) is 5. The maximum absolute atomic E-state index is 4.46. The second-order valence-corrected chi connectivity index (χ2v) is 10.5. The molecular weight excluding hydrogens is 384 g/mol. The summed E-state index contributed by atoms with van der Waals surface area (Å²) in [5.74, 6) is 6.09. The molecule has 3 fully saturated rings. The van der Waals surface area contributed by atoms with Crippen LogP contribution in [-0.2, 0) is 7.05 Å². The van der Waals surface area contributed by atoms with Crippen molar-refractivity contribution in [1.82, 2.24) is 24.9 Å². The molecule has 0 radical (unpaired) electrons. The van der Waals surface area contributed by atoms with Crippen molar-refractivity contribution in [2.24, 2.45) is 42.6 Å². The molecule has 1 N–H and O–H groups in total.